The van der Waals surface area contributed by atoms with E-state index in [1.165, 1.54) is 19.3 Å². The maximum absolute atomic E-state index is 12.1. The minimum Gasteiger partial charge on any atom is -0.368 e. The van der Waals surface area contributed by atoms with Gasteiger partial charge in [-0.1, -0.05) is 19.3 Å². The van der Waals surface area contributed by atoms with Gasteiger partial charge in [-0.2, -0.15) is 0 Å². The number of carbonyl (C=O) groups is 1. The number of hydrogen-bond donors (Lipinski definition) is 1. The lowest BCUT2D eigenvalue weighted by molar-refractivity contribution is -0.142. The van der Waals surface area contributed by atoms with Crippen molar-refractivity contribution in [1.82, 2.24) is 4.90 Å². The van der Waals surface area contributed by atoms with E-state index in [9.17, 15) is 4.79 Å². The first-order valence-electron chi connectivity index (χ1n) is 7.33. The van der Waals surface area contributed by atoms with Crippen LogP contribution in [0, 0.1) is 0 Å². The summed E-state index contributed by atoms with van der Waals surface area (Å²) in [5.74, 6) is 0.139. The molecule has 0 radical (unpaired) electrons. The van der Waals surface area contributed by atoms with Crippen LogP contribution in [0.25, 0.3) is 0 Å². The molecule has 1 aliphatic carbocycles. The van der Waals surface area contributed by atoms with Crippen LogP contribution in [0.1, 0.15) is 51.9 Å². The lowest BCUT2D eigenvalue weighted by atomic mass is 9.98. The lowest BCUT2D eigenvalue weighted by Gasteiger charge is -2.36. The van der Waals surface area contributed by atoms with Crippen molar-refractivity contribution in [2.75, 3.05) is 13.2 Å². The minimum atomic E-state index is 0.139. The van der Waals surface area contributed by atoms with Crippen molar-refractivity contribution >= 4 is 5.91 Å². The van der Waals surface area contributed by atoms with Gasteiger partial charge < -0.3 is 15.4 Å². The monoisotopic (exact) mass is 254 g/mol. The summed E-state index contributed by atoms with van der Waals surface area (Å²) in [6, 6.07) is 0.513. The molecule has 0 spiro atoms. The van der Waals surface area contributed by atoms with Gasteiger partial charge in [0.05, 0.1) is 6.10 Å². The van der Waals surface area contributed by atoms with E-state index in [-0.39, 0.29) is 24.6 Å². The van der Waals surface area contributed by atoms with Crippen molar-refractivity contribution in [2.24, 2.45) is 5.73 Å². The SMILES string of the molecule is CC1CC(N)CCN1C(=O)COC1CCCCC1. The fourth-order valence-electron chi connectivity index (χ4n) is 3.08. The molecule has 0 aromatic heterocycles. The first kappa shape index (κ1) is 13.8. The highest BCUT2D eigenvalue weighted by molar-refractivity contribution is 5.77. The molecule has 0 bridgehead atoms. The van der Waals surface area contributed by atoms with Crippen LogP contribution >= 0.6 is 0 Å². The Morgan fingerprint density at radius 2 is 2.00 bits per heavy atom. The van der Waals surface area contributed by atoms with E-state index in [1.54, 1.807) is 0 Å². The van der Waals surface area contributed by atoms with E-state index in [0.717, 1.165) is 32.2 Å². The molecule has 1 aliphatic heterocycles. The molecule has 2 N–H and O–H groups in total. The Labute approximate surface area is 110 Å². The Morgan fingerprint density at radius 3 is 2.67 bits per heavy atom. The summed E-state index contributed by atoms with van der Waals surface area (Å²) < 4.78 is 5.75. The predicted octanol–water partition coefficient (Wildman–Crippen LogP) is 1.67. The zero-order chi connectivity index (χ0) is 13.0. The molecule has 2 fully saturated rings. The van der Waals surface area contributed by atoms with E-state index < -0.39 is 0 Å². The molecule has 4 heteroatoms. The topological polar surface area (TPSA) is 55.6 Å². The third-order valence-corrected chi connectivity index (χ3v) is 4.23. The molecule has 104 valence electrons. The summed E-state index contributed by atoms with van der Waals surface area (Å²) >= 11 is 0. The number of ether oxygens (including phenoxy) is 1. The maximum Gasteiger partial charge on any atom is 0.248 e. The van der Waals surface area contributed by atoms with E-state index >= 15 is 0 Å². The summed E-state index contributed by atoms with van der Waals surface area (Å²) in [7, 11) is 0. The molecule has 1 saturated heterocycles. The first-order chi connectivity index (χ1) is 8.66. The van der Waals surface area contributed by atoms with Gasteiger partial charge in [0.15, 0.2) is 0 Å². The van der Waals surface area contributed by atoms with Crippen LogP contribution in [0.15, 0.2) is 0 Å². The van der Waals surface area contributed by atoms with Crippen LogP contribution in [0.4, 0.5) is 0 Å². The van der Waals surface area contributed by atoms with E-state index in [2.05, 4.69) is 6.92 Å². The molecule has 1 heterocycles. The van der Waals surface area contributed by atoms with Gasteiger partial charge in [-0.05, 0) is 32.6 Å². The Bertz CT molecular complexity index is 277. The van der Waals surface area contributed by atoms with Crippen molar-refractivity contribution < 1.29 is 9.53 Å². The van der Waals surface area contributed by atoms with Crippen molar-refractivity contribution in [1.29, 1.82) is 0 Å². The van der Waals surface area contributed by atoms with Crippen LogP contribution in [-0.2, 0) is 9.53 Å². The molecule has 4 nitrogen and oxygen atoms in total. The standard InChI is InChI=1S/C14H26N2O2/c1-11-9-12(15)7-8-16(11)14(17)10-18-13-5-3-2-4-6-13/h11-13H,2-10,15H2,1H3. The first-order valence-corrected chi connectivity index (χ1v) is 7.33. The van der Waals surface area contributed by atoms with Crippen molar-refractivity contribution in [3.05, 3.63) is 0 Å². The molecule has 0 aromatic rings. The number of amides is 1. The van der Waals surface area contributed by atoms with Crippen LogP contribution in [-0.4, -0.2) is 42.1 Å². The summed E-state index contributed by atoms with van der Waals surface area (Å²) in [6.45, 7) is 3.12. The molecule has 2 unspecified atom stereocenters. The highest BCUT2D eigenvalue weighted by Crippen LogP contribution is 2.21. The van der Waals surface area contributed by atoms with Gasteiger partial charge in [-0.25, -0.2) is 0 Å². The van der Waals surface area contributed by atoms with E-state index in [1.807, 2.05) is 4.90 Å². The van der Waals surface area contributed by atoms with Crippen molar-refractivity contribution in [2.45, 2.75) is 70.1 Å². The Balaban J connectivity index is 1.73. The minimum absolute atomic E-state index is 0.139. The lowest BCUT2D eigenvalue weighted by Crippen LogP contribution is -2.49. The number of piperidine rings is 1. The van der Waals surface area contributed by atoms with Gasteiger partial charge >= 0.3 is 0 Å². The van der Waals surface area contributed by atoms with Crippen molar-refractivity contribution in [3.63, 3.8) is 0 Å². The number of carbonyl (C=O) groups excluding carboxylic acids is 1. The number of likely N-dealkylation sites (tertiary alicyclic amines) is 1. The molecular formula is C14H26N2O2. The largest absolute Gasteiger partial charge is 0.368 e. The predicted molar refractivity (Wildman–Crippen MR) is 71.2 cm³/mol. The number of nitrogens with zero attached hydrogens (tertiary/aromatic N) is 1. The second kappa shape index (κ2) is 6.53. The Hall–Kier alpha value is -0.610. The molecule has 1 saturated carbocycles. The molecule has 2 atom stereocenters. The smallest absolute Gasteiger partial charge is 0.248 e. The summed E-state index contributed by atoms with van der Waals surface area (Å²) in [6.07, 6.45) is 8.18. The quantitative estimate of drug-likeness (QED) is 0.833. The van der Waals surface area contributed by atoms with Gasteiger partial charge in [0.1, 0.15) is 6.61 Å². The summed E-state index contributed by atoms with van der Waals surface area (Å²) in [5, 5.41) is 0. The Kier molecular flexibility index (Phi) is 5.01. The number of hydrogen-bond acceptors (Lipinski definition) is 3. The fraction of sp³-hybridized carbons (Fsp3) is 0.929. The van der Waals surface area contributed by atoms with Crippen molar-refractivity contribution in [3.8, 4) is 0 Å². The van der Waals surface area contributed by atoms with Gasteiger partial charge in [0.25, 0.3) is 0 Å². The molecular weight excluding hydrogens is 228 g/mol. The molecule has 2 aliphatic rings. The van der Waals surface area contributed by atoms with E-state index in [0.29, 0.717) is 6.10 Å². The normalized spacial score (nSPS) is 30.4. The second-order valence-corrected chi connectivity index (χ2v) is 5.79. The molecule has 1 amide bonds. The van der Waals surface area contributed by atoms with Crippen LogP contribution in [0.3, 0.4) is 0 Å². The Morgan fingerprint density at radius 1 is 1.28 bits per heavy atom. The fourth-order valence-corrected chi connectivity index (χ4v) is 3.08. The van der Waals surface area contributed by atoms with Gasteiger partial charge in [-0.15, -0.1) is 0 Å². The summed E-state index contributed by atoms with van der Waals surface area (Å²) in [5.41, 5.74) is 5.91. The zero-order valence-electron chi connectivity index (χ0n) is 11.4. The van der Waals surface area contributed by atoms with Gasteiger partial charge in [0, 0.05) is 18.6 Å². The average molecular weight is 254 g/mol. The summed E-state index contributed by atoms with van der Waals surface area (Å²) in [4.78, 5) is 14.1. The van der Waals surface area contributed by atoms with Crippen LogP contribution < -0.4 is 5.73 Å². The third-order valence-electron chi connectivity index (χ3n) is 4.23. The maximum atomic E-state index is 12.1. The number of nitrogens with two attached hydrogens (primary N) is 1. The highest BCUT2D eigenvalue weighted by Gasteiger charge is 2.27. The third kappa shape index (κ3) is 3.69. The molecule has 2 rings (SSSR count). The van der Waals surface area contributed by atoms with E-state index in [4.69, 9.17) is 10.5 Å². The molecule has 18 heavy (non-hydrogen) atoms. The van der Waals surface area contributed by atoms with Crippen LogP contribution in [0.5, 0.6) is 0 Å². The zero-order valence-corrected chi connectivity index (χ0v) is 11.4. The van der Waals surface area contributed by atoms with Gasteiger partial charge in [-0.3, -0.25) is 4.79 Å². The second-order valence-electron chi connectivity index (χ2n) is 5.79. The highest BCUT2D eigenvalue weighted by atomic mass is 16.5. The van der Waals surface area contributed by atoms with Crippen LogP contribution in [0.2, 0.25) is 0 Å². The number of rotatable bonds is 3. The van der Waals surface area contributed by atoms with Gasteiger partial charge in [0.2, 0.25) is 5.91 Å². The molecule has 0 aromatic carbocycles. The average Bonchev–Trinajstić information content (AvgIpc) is 2.37.